The van der Waals surface area contributed by atoms with Gasteiger partial charge in [-0.15, -0.1) is 11.3 Å². The molecule has 23 heavy (non-hydrogen) atoms. The quantitative estimate of drug-likeness (QED) is 0.439. The van der Waals surface area contributed by atoms with Crippen LogP contribution in [0.4, 0.5) is 0 Å². The molecule has 0 amide bonds. The van der Waals surface area contributed by atoms with Crippen molar-refractivity contribution in [3.63, 3.8) is 0 Å². The minimum absolute atomic E-state index is 0.588. The second-order valence-corrected chi connectivity index (χ2v) is 6.05. The third-order valence-corrected chi connectivity index (χ3v) is 4.58. The van der Waals surface area contributed by atoms with Gasteiger partial charge in [-0.25, -0.2) is 9.97 Å². The molecule has 2 aromatic carbocycles. The summed E-state index contributed by atoms with van der Waals surface area (Å²) < 4.78 is 11.8. The van der Waals surface area contributed by atoms with Crippen LogP contribution in [0.5, 0.6) is 0 Å². The van der Waals surface area contributed by atoms with E-state index in [-0.39, 0.29) is 0 Å². The third-order valence-electron chi connectivity index (χ3n) is 3.68. The van der Waals surface area contributed by atoms with Gasteiger partial charge in [0.05, 0.1) is 5.56 Å². The number of fused-ring (bicyclic) bond motifs is 2. The molecule has 0 aliphatic carbocycles. The lowest BCUT2D eigenvalue weighted by Gasteiger charge is -1.94. The van der Waals surface area contributed by atoms with Crippen molar-refractivity contribution >= 4 is 33.5 Å². The van der Waals surface area contributed by atoms with Gasteiger partial charge < -0.3 is 8.83 Å². The van der Waals surface area contributed by atoms with Crippen molar-refractivity contribution in [3.05, 3.63) is 60.0 Å². The summed E-state index contributed by atoms with van der Waals surface area (Å²) in [7, 11) is 0. The Bertz CT molecular complexity index is 982. The first kappa shape index (κ1) is 12.6. The number of rotatable bonds is 2. The van der Waals surface area contributed by atoms with Gasteiger partial charge in [0.1, 0.15) is 15.9 Å². The van der Waals surface area contributed by atoms with Crippen molar-refractivity contribution in [1.82, 2.24) is 9.97 Å². The molecule has 0 aliphatic heterocycles. The maximum atomic E-state index is 5.88. The predicted octanol–water partition coefficient (Wildman–Crippen LogP) is 5.36. The van der Waals surface area contributed by atoms with Gasteiger partial charge in [-0.2, -0.15) is 0 Å². The van der Waals surface area contributed by atoms with Crippen LogP contribution in [-0.4, -0.2) is 9.97 Å². The van der Waals surface area contributed by atoms with Crippen LogP contribution in [0.15, 0.2) is 68.8 Å². The number of oxazole rings is 2. The molecule has 0 atom stereocenters. The first-order chi connectivity index (χ1) is 11.4. The molecule has 0 bridgehead atoms. The normalized spacial score (nSPS) is 11.5. The van der Waals surface area contributed by atoms with Gasteiger partial charge in [-0.1, -0.05) is 24.3 Å². The molecule has 0 N–H and O–H groups in total. The molecule has 4 nitrogen and oxygen atoms in total. The molecule has 3 heterocycles. The largest absolute Gasteiger partial charge is 0.436 e. The molecular formula is C18H10N2O2S. The van der Waals surface area contributed by atoms with Crippen molar-refractivity contribution in [2.75, 3.05) is 0 Å². The zero-order valence-corrected chi connectivity index (χ0v) is 12.7. The zero-order chi connectivity index (χ0) is 15.2. The minimum atomic E-state index is 0.588. The molecule has 5 aromatic rings. The molecule has 0 radical (unpaired) electrons. The van der Waals surface area contributed by atoms with E-state index < -0.39 is 0 Å². The molecule has 0 saturated carbocycles. The maximum Gasteiger partial charge on any atom is 0.238 e. The zero-order valence-electron chi connectivity index (χ0n) is 11.9. The van der Waals surface area contributed by atoms with Crippen LogP contribution in [-0.2, 0) is 0 Å². The van der Waals surface area contributed by atoms with E-state index in [4.69, 9.17) is 8.83 Å². The van der Waals surface area contributed by atoms with E-state index in [1.807, 2.05) is 60.0 Å². The average molecular weight is 318 g/mol. The maximum absolute atomic E-state index is 5.88. The number of thiophene rings is 1. The topological polar surface area (TPSA) is 52.1 Å². The van der Waals surface area contributed by atoms with Crippen molar-refractivity contribution in [3.8, 4) is 22.2 Å². The highest BCUT2D eigenvalue weighted by molar-refractivity contribution is 7.14. The Morgan fingerprint density at radius 1 is 0.696 bits per heavy atom. The van der Waals surface area contributed by atoms with Crippen molar-refractivity contribution in [2.24, 2.45) is 0 Å². The molecule has 0 unspecified atom stereocenters. The molecule has 110 valence electrons. The van der Waals surface area contributed by atoms with E-state index in [0.29, 0.717) is 11.8 Å². The standard InChI is InChI=1S/C18H10N2O2S/c1-3-7-14-12(5-1)19-17(21-14)11-9-10-23-16(11)18-20-13-6-2-4-8-15(13)22-18/h1-10H. The van der Waals surface area contributed by atoms with Gasteiger partial charge in [0.2, 0.25) is 11.8 Å². The van der Waals surface area contributed by atoms with E-state index in [1.54, 1.807) is 11.3 Å². The number of hydrogen-bond donors (Lipinski definition) is 0. The number of aromatic nitrogens is 2. The van der Waals surface area contributed by atoms with Crippen LogP contribution in [0, 0.1) is 0 Å². The van der Waals surface area contributed by atoms with E-state index in [1.165, 1.54) is 0 Å². The van der Waals surface area contributed by atoms with E-state index in [9.17, 15) is 0 Å². The van der Waals surface area contributed by atoms with E-state index >= 15 is 0 Å². The van der Waals surface area contributed by atoms with Gasteiger partial charge in [-0.3, -0.25) is 0 Å². The lowest BCUT2D eigenvalue weighted by Crippen LogP contribution is -1.78. The molecular weight excluding hydrogens is 308 g/mol. The predicted molar refractivity (Wildman–Crippen MR) is 90.3 cm³/mol. The first-order valence-electron chi connectivity index (χ1n) is 7.18. The van der Waals surface area contributed by atoms with Crippen LogP contribution in [0.3, 0.4) is 0 Å². The molecule has 0 saturated heterocycles. The van der Waals surface area contributed by atoms with Crippen molar-refractivity contribution in [2.45, 2.75) is 0 Å². The van der Waals surface area contributed by atoms with Crippen LogP contribution in [0.1, 0.15) is 0 Å². The molecule has 0 aliphatic rings. The van der Waals surface area contributed by atoms with Crippen LogP contribution in [0.25, 0.3) is 44.4 Å². The molecule has 0 spiro atoms. The van der Waals surface area contributed by atoms with Gasteiger partial charge in [0.25, 0.3) is 0 Å². The number of benzene rings is 2. The van der Waals surface area contributed by atoms with E-state index in [0.717, 1.165) is 32.6 Å². The third kappa shape index (κ3) is 1.98. The summed E-state index contributed by atoms with van der Waals surface area (Å²) in [4.78, 5) is 10.1. The fraction of sp³-hybridized carbons (Fsp3) is 0. The highest BCUT2D eigenvalue weighted by Crippen LogP contribution is 2.38. The second-order valence-electron chi connectivity index (χ2n) is 5.14. The Balaban J connectivity index is 1.69. The molecule has 5 heteroatoms. The summed E-state index contributed by atoms with van der Waals surface area (Å²) >= 11 is 1.57. The van der Waals surface area contributed by atoms with Gasteiger partial charge in [-0.05, 0) is 35.7 Å². The number of hydrogen-bond acceptors (Lipinski definition) is 5. The van der Waals surface area contributed by atoms with E-state index in [2.05, 4.69) is 9.97 Å². The Kier molecular flexibility index (Phi) is 2.63. The minimum Gasteiger partial charge on any atom is -0.436 e. The van der Waals surface area contributed by atoms with Crippen molar-refractivity contribution < 1.29 is 8.83 Å². The number of para-hydroxylation sites is 4. The van der Waals surface area contributed by atoms with Crippen molar-refractivity contribution in [1.29, 1.82) is 0 Å². The van der Waals surface area contributed by atoms with Crippen LogP contribution < -0.4 is 0 Å². The summed E-state index contributed by atoms with van der Waals surface area (Å²) in [6.07, 6.45) is 0. The monoisotopic (exact) mass is 318 g/mol. The molecule has 5 rings (SSSR count). The second kappa shape index (κ2) is 4.79. The Morgan fingerprint density at radius 2 is 1.30 bits per heavy atom. The molecule has 0 fully saturated rings. The lowest BCUT2D eigenvalue weighted by atomic mass is 10.2. The Morgan fingerprint density at radius 3 is 2.00 bits per heavy atom. The summed E-state index contributed by atoms with van der Waals surface area (Å²) in [5.74, 6) is 1.18. The summed E-state index contributed by atoms with van der Waals surface area (Å²) in [5, 5.41) is 1.99. The van der Waals surface area contributed by atoms with Gasteiger partial charge in [0, 0.05) is 0 Å². The average Bonchev–Trinajstić information content (AvgIpc) is 3.30. The fourth-order valence-electron chi connectivity index (χ4n) is 2.60. The van der Waals surface area contributed by atoms with Crippen LogP contribution in [0.2, 0.25) is 0 Å². The lowest BCUT2D eigenvalue weighted by molar-refractivity contribution is 0.613. The summed E-state index contributed by atoms with van der Waals surface area (Å²) in [5.41, 5.74) is 4.14. The Labute approximate surface area is 135 Å². The molecule has 3 aromatic heterocycles. The number of nitrogens with zero attached hydrogens (tertiary/aromatic N) is 2. The fourth-order valence-corrected chi connectivity index (χ4v) is 3.41. The highest BCUT2D eigenvalue weighted by Gasteiger charge is 2.18. The summed E-state index contributed by atoms with van der Waals surface area (Å²) in [6, 6.07) is 17.5. The van der Waals surface area contributed by atoms with Crippen LogP contribution >= 0.6 is 11.3 Å². The van der Waals surface area contributed by atoms with Gasteiger partial charge >= 0.3 is 0 Å². The first-order valence-corrected chi connectivity index (χ1v) is 8.06. The Hall–Kier alpha value is -2.92. The highest BCUT2D eigenvalue weighted by atomic mass is 32.1. The SMILES string of the molecule is c1ccc2oc(-c3ccsc3-c3nc4ccccc4o3)nc2c1. The summed E-state index contributed by atoms with van der Waals surface area (Å²) in [6.45, 7) is 0. The van der Waals surface area contributed by atoms with Gasteiger partial charge in [0.15, 0.2) is 11.2 Å². The smallest absolute Gasteiger partial charge is 0.238 e.